The molecule has 440 valence electrons. The number of alkyl halides is 3. The summed E-state index contributed by atoms with van der Waals surface area (Å²) in [6, 6.07) is 23.9. The molecule has 1 fully saturated rings. The molecular formula is C59H72F3N9O11. The number of carbonyl (C=O) groups excluding carboxylic acids is 9. The van der Waals surface area contributed by atoms with E-state index >= 15 is 0 Å². The van der Waals surface area contributed by atoms with Crippen molar-refractivity contribution in [1.29, 1.82) is 0 Å². The van der Waals surface area contributed by atoms with Gasteiger partial charge in [0, 0.05) is 54.9 Å². The molecule has 1 aliphatic carbocycles. The van der Waals surface area contributed by atoms with Crippen LogP contribution >= 0.6 is 0 Å². The van der Waals surface area contributed by atoms with Crippen molar-refractivity contribution < 1.29 is 66.2 Å². The maximum atomic E-state index is 14.4. The lowest BCUT2D eigenvalue weighted by molar-refractivity contribution is -0.192. The average molecular weight is 1140 g/mol. The maximum Gasteiger partial charge on any atom is 0.490 e. The van der Waals surface area contributed by atoms with Crippen LogP contribution < -0.4 is 43.0 Å². The summed E-state index contributed by atoms with van der Waals surface area (Å²) in [5.74, 6) is -7.53. The van der Waals surface area contributed by atoms with Crippen LogP contribution in [0.3, 0.4) is 0 Å². The summed E-state index contributed by atoms with van der Waals surface area (Å²) in [6.45, 7) is 9.29. The summed E-state index contributed by atoms with van der Waals surface area (Å²) in [6.07, 6.45) is -2.73. The third-order valence-electron chi connectivity index (χ3n) is 13.8. The van der Waals surface area contributed by atoms with Gasteiger partial charge in [-0.1, -0.05) is 131 Å². The zero-order chi connectivity index (χ0) is 60.3. The van der Waals surface area contributed by atoms with E-state index in [1.807, 2.05) is 57.2 Å². The molecule has 4 aromatic rings. The van der Waals surface area contributed by atoms with E-state index in [2.05, 4.69) is 37.2 Å². The van der Waals surface area contributed by atoms with E-state index in [0.29, 0.717) is 60.2 Å². The Hall–Kier alpha value is -8.47. The smallest absolute Gasteiger partial charge is 0.475 e. The highest BCUT2D eigenvalue weighted by molar-refractivity contribution is 6.30. The molecule has 7 amide bonds. The molecule has 0 bridgehead atoms. The molecule has 0 aromatic heterocycles. The Morgan fingerprint density at radius 2 is 1.21 bits per heavy atom. The number of carboxylic acids is 1. The third kappa shape index (κ3) is 18.3. The zero-order valence-electron chi connectivity index (χ0n) is 46.4. The van der Waals surface area contributed by atoms with Crippen LogP contribution in [0.15, 0.2) is 103 Å². The van der Waals surface area contributed by atoms with Crippen LogP contribution in [0, 0.1) is 11.8 Å². The molecular weight excluding hydrogens is 1070 g/mol. The van der Waals surface area contributed by atoms with Crippen molar-refractivity contribution in [3.63, 3.8) is 0 Å². The van der Waals surface area contributed by atoms with Gasteiger partial charge in [-0.25, -0.2) is 4.79 Å². The van der Waals surface area contributed by atoms with Crippen LogP contribution in [0.25, 0.3) is 0 Å². The molecule has 20 nitrogen and oxygen atoms in total. The van der Waals surface area contributed by atoms with Crippen molar-refractivity contribution in [2.75, 3.05) is 31.5 Å². The Morgan fingerprint density at radius 3 is 1.78 bits per heavy atom. The van der Waals surface area contributed by atoms with Gasteiger partial charge in [-0.15, -0.1) is 0 Å². The largest absolute Gasteiger partial charge is 0.490 e. The Morgan fingerprint density at radius 1 is 0.659 bits per heavy atom. The topological polar surface area (TPSA) is 304 Å². The van der Waals surface area contributed by atoms with Crippen LogP contribution in [-0.4, -0.2) is 137 Å². The highest BCUT2D eigenvalue weighted by Gasteiger charge is 2.40. The van der Waals surface area contributed by atoms with Crippen molar-refractivity contribution in [2.45, 2.75) is 122 Å². The normalized spacial score (nSPS) is 15.8. The number of rotatable bonds is 25. The lowest BCUT2D eigenvalue weighted by atomic mass is 9.83. The van der Waals surface area contributed by atoms with Gasteiger partial charge in [0.1, 0.15) is 30.2 Å². The first kappa shape index (κ1) is 64.4. The number of carbonyl (C=O) groups is 10. The summed E-state index contributed by atoms with van der Waals surface area (Å²) in [5, 5.41) is 27.1. The van der Waals surface area contributed by atoms with Crippen molar-refractivity contribution in [2.24, 2.45) is 17.6 Å². The second kappa shape index (κ2) is 30.4. The van der Waals surface area contributed by atoms with Gasteiger partial charge in [0.15, 0.2) is 11.6 Å². The quantitative estimate of drug-likeness (QED) is 0.0374. The summed E-state index contributed by atoms with van der Waals surface area (Å²) < 4.78 is 31.7. The van der Waals surface area contributed by atoms with Crippen LogP contribution in [-0.2, 0) is 51.2 Å². The van der Waals surface area contributed by atoms with Gasteiger partial charge in [0.25, 0.3) is 0 Å². The number of nitrogens with zero attached hydrogens (tertiary/aromatic N) is 1. The summed E-state index contributed by atoms with van der Waals surface area (Å²) in [5.41, 5.74) is 9.17. The summed E-state index contributed by atoms with van der Waals surface area (Å²) in [4.78, 5) is 133. The van der Waals surface area contributed by atoms with Crippen LogP contribution in [0.1, 0.15) is 110 Å². The third-order valence-corrected chi connectivity index (χ3v) is 13.8. The van der Waals surface area contributed by atoms with Crippen molar-refractivity contribution in [1.82, 2.24) is 36.8 Å². The van der Waals surface area contributed by atoms with Gasteiger partial charge >= 0.3 is 12.1 Å². The second-order valence-electron chi connectivity index (χ2n) is 20.6. The van der Waals surface area contributed by atoms with Gasteiger partial charge in [0.05, 0.1) is 18.2 Å². The van der Waals surface area contributed by atoms with Gasteiger partial charge in [-0.2, -0.15) is 13.2 Å². The zero-order valence-corrected chi connectivity index (χ0v) is 46.4. The first-order valence-electron chi connectivity index (χ1n) is 27.2. The fourth-order valence-electron chi connectivity index (χ4n) is 9.30. The number of hydrogen-bond acceptors (Lipinski definition) is 12. The second-order valence-corrected chi connectivity index (χ2v) is 20.6. The summed E-state index contributed by atoms with van der Waals surface area (Å²) >= 11 is 0. The van der Waals surface area contributed by atoms with E-state index in [9.17, 15) is 56.3 Å². The molecule has 82 heavy (non-hydrogen) atoms. The van der Waals surface area contributed by atoms with E-state index in [4.69, 9.17) is 15.6 Å². The number of ketones is 2. The molecule has 0 spiro atoms. The predicted octanol–water partition coefficient (Wildman–Crippen LogP) is 3.98. The number of hydrogen-bond donors (Lipinski definition) is 9. The van der Waals surface area contributed by atoms with Crippen molar-refractivity contribution in [3.05, 3.63) is 137 Å². The SMILES string of the molecule is CCC(C)[C@H](NC(=O)[C@H](Cc1ccccc1)NC(=O)[C@H](CC(C)C)NC(=O)[C@@H](C)N)C(=O)NCC(=O)N[C@@H](Cc1ccccc1)C(=O)N1CCC[C@@H]1C(=O)NCCCNc1cccc2c1C(=O)c1ccccc1C2=O.O=C(O)C(F)(F)F. The number of likely N-dealkylation sites (tertiary alicyclic amines) is 1. The number of anilines is 1. The number of halogens is 3. The van der Waals surface area contributed by atoms with Crippen LogP contribution in [0.4, 0.5) is 18.9 Å². The molecule has 1 heterocycles. The minimum Gasteiger partial charge on any atom is -0.475 e. The van der Waals surface area contributed by atoms with E-state index < -0.39 is 96.3 Å². The number of nitrogens with one attached hydrogen (secondary N) is 7. The molecule has 4 aromatic carbocycles. The van der Waals surface area contributed by atoms with Crippen molar-refractivity contribution in [3.8, 4) is 0 Å². The van der Waals surface area contributed by atoms with E-state index in [1.54, 1.807) is 73.7 Å². The van der Waals surface area contributed by atoms with Gasteiger partial charge in [0.2, 0.25) is 41.4 Å². The average Bonchev–Trinajstić information content (AvgIpc) is 4.06. The van der Waals surface area contributed by atoms with E-state index in [-0.39, 0.29) is 55.7 Å². The number of amides is 7. The Kier molecular flexibility index (Phi) is 23.8. The Balaban J connectivity index is 0.00000165. The van der Waals surface area contributed by atoms with E-state index in [1.165, 1.54) is 11.8 Å². The molecule has 23 heteroatoms. The minimum atomic E-state index is -5.08. The number of benzene rings is 4. The van der Waals surface area contributed by atoms with Gasteiger partial charge in [-0.3, -0.25) is 43.2 Å². The molecule has 7 atom stereocenters. The number of nitrogens with two attached hydrogens (primary N) is 1. The first-order valence-corrected chi connectivity index (χ1v) is 27.2. The Bertz CT molecular complexity index is 2930. The molecule has 0 saturated carbocycles. The molecule has 0 radical (unpaired) electrons. The fraction of sp³-hybridized carbons (Fsp3) is 0.424. The maximum absolute atomic E-state index is 14.4. The monoisotopic (exact) mass is 1140 g/mol. The molecule has 2 aliphatic rings. The number of carboxylic acid groups (broad SMARTS) is 1. The lowest BCUT2D eigenvalue weighted by Crippen LogP contribution is -2.59. The fourth-order valence-corrected chi connectivity index (χ4v) is 9.30. The van der Waals surface area contributed by atoms with Crippen LogP contribution in [0.5, 0.6) is 0 Å². The molecule has 1 aliphatic heterocycles. The molecule has 1 unspecified atom stereocenters. The predicted molar refractivity (Wildman–Crippen MR) is 298 cm³/mol. The Labute approximate surface area is 473 Å². The standard InChI is InChI=1S/C57H71N9O9.C2HF3O2/c1-6-35(4)49(65-54(72)44(31-37-18-9-7-10-19-37)64-53(71)43(30-34(2)3)63-52(70)36(5)58)56(74)61-33-47(67)62-45(32-38-20-11-8-12-21-38)57(75)66-29-16-26-46(66)55(73)60-28-17-27-59-42-25-15-24-41-48(42)51(69)40-23-14-13-22-39(40)50(41)68;3-2(4,5)1(6)7/h7-15,18-25,34-36,43-46,49,59H,6,16-17,26-33,58H2,1-5H3,(H,60,73)(H,61,74)(H,62,67)(H,63,70)(H,64,71)(H,65,72);(H,6,7)/t35?,36-,43+,44+,45+,46-,49+;/m1./s1. The highest BCUT2D eigenvalue weighted by atomic mass is 19.4. The highest BCUT2D eigenvalue weighted by Crippen LogP contribution is 2.32. The minimum absolute atomic E-state index is 0.00580. The van der Waals surface area contributed by atoms with Crippen molar-refractivity contribution >= 4 is 64.6 Å². The number of aliphatic carboxylic acids is 1. The van der Waals surface area contributed by atoms with Gasteiger partial charge in [-0.05, 0) is 61.6 Å². The van der Waals surface area contributed by atoms with E-state index in [0.717, 1.165) is 11.1 Å². The summed E-state index contributed by atoms with van der Waals surface area (Å²) in [7, 11) is 0. The molecule has 6 rings (SSSR count). The lowest BCUT2D eigenvalue weighted by Gasteiger charge is -2.29. The van der Waals surface area contributed by atoms with Crippen LogP contribution in [0.2, 0.25) is 0 Å². The number of fused-ring (bicyclic) bond motifs is 2. The first-order chi connectivity index (χ1) is 38.9. The molecule has 1 saturated heterocycles. The van der Waals surface area contributed by atoms with Gasteiger partial charge < -0.3 is 53.0 Å². The molecule has 10 N–H and O–H groups in total.